The van der Waals surface area contributed by atoms with E-state index >= 15 is 0 Å². The molecule has 0 bridgehead atoms. The van der Waals surface area contributed by atoms with Crippen LogP contribution in [-0.4, -0.2) is 9.97 Å². The van der Waals surface area contributed by atoms with Crippen molar-refractivity contribution in [1.82, 2.24) is 9.97 Å². The predicted octanol–water partition coefficient (Wildman–Crippen LogP) is 6.31. The summed E-state index contributed by atoms with van der Waals surface area (Å²) in [5, 5.41) is 6.54. The van der Waals surface area contributed by atoms with Gasteiger partial charge in [0, 0.05) is 38.3 Å². The molecule has 3 aromatic carbocycles. The van der Waals surface area contributed by atoms with Gasteiger partial charge in [0.1, 0.15) is 0 Å². The SMILES string of the molecule is CC1=Cc2[nH]c3cc4c(cc3c2CC1)[nH]c1c2ccccc2ccc41. The van der Waals surface area contributed by atoms with Crippen molar-refractivity contribution in [2.45, 2.75) is 19.8 Å². The molecule has 25 heavy (non-hydrogen) atoms. The highest BCUT2D eigenvalue weighted by Crippen LogP contribution is 2.36. The van der Waals surface area contributed by atoms with Gasteiger partial charge in [-0.1, -0.05) is 42.0 Å². The molecule has 0 saturated carbocycles. The number of hydrogen-bond acceptors (Lipinski definition) is 0. The van der Waals surface area contributed by atoms with Gasteiger partial charge in [-0.05, 0) is 48.9 Å². The number of aromatic nitrogens is 2. The summed E-state index contributed by atoms with van der Waals surface area (Å²) in [6, 6.07) is 17.7. The van der Waals surface area contributed by atoms with E-state index in [9.17, 15) is 0 Å². The monoisotopic (exact) mass is 322 g/mol. The number of benzene rings is 3. The van der Waals surface area contributed by atoms with Gasteiger partial charge < -0.3 is 9.97 Å². The summed E-state index contributed by atoms with van der Waals surface area (Å²) in [4.78, 5) is 7.33. The van der Waals surface area contributed by atoms with E-state index in [1.165, 1.54) is 60.3 Å². The van der Waals surface area contributed by atoms with Crippen molar-refractivity contribution < 1.29 is 0 Å². The van der Waals surface area contributed by atoms with E-state index in [2.05, 4.69) is 71.5 Å². The van der Waals surface area contributed by atoms with Crippen LogP contribution in [0.3, 0.4) is 0 Å². The summed E-state index contributed by atoms with van der Waals surface area (Å²) in [5.74, 6) is 0. The Morgan fingerprint density at radius 2 is 1.60 bits per heavy atom. The highest BCUT2D eigenvalue weighted by atomic mass is 14.7. The maximum atomic E-state index is 3.69. The number of fused-ring (bicyclic) bond motifs is 8. The summed E-state index contributed by atoms with van der Waals surface area (Å²) >= 11 is 0. The molecule has 2 heterocycles. The topological polar surface area (TPSA) is 31.6 Å². The Labute approximate surface area is 145 Å². The van der Waals surface area contributed by atoms with E-state index in [1.54, 1.807) is 0 Å². The van der Waals surface area contributed by atoms with Crippen molar-refractivity contribution in [2.75, 3.05) is 0 Å². The van der Waals surface area contributed by atoms with Crippen LogP contribution in [-0.2, 0) is 6.42 Å². The molecule has 0 radical (unpaired) electrons. The van der Waals surface area contributed by atoms with Crippen LogP contribution in [0.15, 0.2) is 54.1 Å². The zero-order valence-corrected chi connectivity index (χ0v) is 14.1. The van der Waals surface area contributed by atoms with Crippen molar-refractivity contribution >= 4 is 49.6 Å². The van der Waals surface area contributed by atoms with Gasteiger partial charge in [-0.3, -0.25) is 0 Å². The Morgan fingerprint density at radius 1 is 0.760 bits per heavy atom. The van der Waals surface area contributed by atoms with E-state index in [1.807, 2.05) is 0 Å². The number of rotatable bonds is 0. The Balaban J connectivity index is 1.75. The van der Waals surface area contributed by atoms with Crippen molar-refractivity contribution in [3.05, 3.63) is 65.4 Å². The predicted molar refractivity (Wildman–Crippen MR) is 107 cm³/mol. The third kappa shape index (κ3) is 1.74. The number of H-pyrrole nitrogens is 2. The largest absolute Gasteiger partial charge is 0.355 e. The zero-order chi connectivity index (χ0) is 16.5. The highest BCUT2D eigenvalue weighted by Gasteiger charge is 2.16. The van der Waals surface area contributed by atoms with Gasteiger partial charge in [0.15, 0.2) is 0 Å². The molecule has 0 unspecified atom stereocenters. The Morgan fingerprint density at radius 3 is 2.56 bits per heavy atom. The normalized spacial score (nSPS) is 14.5. The fourth-order valence-corrected chi connectivity index (χ4v) is 4.44. The average Bonchev–Trinajstić information content (AvgIpc) is 3.16. The number of aromatic amines is 2. The van der Waals surface area contributed by atoms with Gasteiger partial charge in [-0.25, -0.2) is 0 Å². The minimum Gasteiger partial charge on any atom is -0.355 e. The summed E-state index contributed by atoms with van der Waals surface area (Å²) < 4.78 is 0. The lowest BCUT2D eigenvalue weighted by molar-refractivity contribution is 0.932. The molecule has 0 atom stereocenters. The number of hydrogen-bond donors (Lipinski definition) is 2. The molecule has 120 valence electrons. The van der Waals surface area contributed by atoms with E-state index in [0.29, 0.717) is 0 Å². The van der Waals surface area contributed by atoms with Crippen LogP contribution < -0.4 is 0 Å². The molecule has 2 aromatic heterocycles. The van der Waals surface area contributed by atoms with Gasteiger partial charge in [0.2, 0.25) is 0 Å². The van der Waals surface area contributed by atoms with Crippen molar-refractivity contribution in [1.29, 1.82) is 0 Å². The second-order valence-corrected chi connectivity index (χ2v) is 7.29. The Bertz CT molecular complexity index is 1340. The molecule has 2 heteroatoms. The first-order valence-electron chi connectivity index (χ1n) is 8.93. The maximum absolute atomic E-state index is 3.69. The van der Waals surface area contributed by atoms with E-state index in [-0.39, 0.29) is 0 Å². The molecule has 2 N–H and O–H groups in total. The van der Waals surface area contributed by atoms with Crippen LogP contribution in [0.1, 0.15) is 24.6 Å². The molecule has 0 aliphatic heterocycles. The Kier molecular flexibility index (Phi) is 2.42. The van der Waals surface area contributed by atoms with Crippen molar-refractivity contribution in [3.8, 4) is 0 Å². The number of aryl methyl sites for hydroxylation is 1. The lowest BCUT2D eigenvalue weighted by atomic mass is 9.96. The lowest BCUT2D eigenvalue weighted by Crippen LogP contribution is -1.94. The minimum absolute atomic E-state index is 1.13. The van der Waals surface area contributed by atoms with Gasteiger partial charge in [-0.2, -0.15) is 0 Å². The highest BCUT2D eigenvalue weighted by molar-refractivity contribution is 6.19. The fourth-order valence-electron chi connectivity index (χ4n) is 4.44. The van der Waals surface area contributed by atoms with Crippen LogP contribution in [0, 0.1) is 0 Å². The third-order valence-corrected chi connectivity index (χ3v) is 5.72. The van der Waals surface area contributed by atoms with Gasteiger partial charge >= 0.3 is 0 Å². The number of allylic oxidation sites excluding steroid dienone is 1. The molecule has 1 aliphatic carbocycles. The second kappa shape index (κ2) is 4.54. The summed E-state index contributed by atoms with van der Waals surface area (Å²) in [7, 11) is 0. The van der Waals surface area contributed by atoms with Crippen molar-refractivity contribution in [2.24, 2.45) is 0 Å². The number of nitrogens with one attached hydrogen (secondary N) is 2. The molecule has 1 aliphatic rings. The maximum Gasteiger partial charge on any atom is 0.0544 e. The molecule has 6 rings (SSSR count). The minimum atomic E-state index is 1.13. The molecule has 0 fully saturated rings. The van der Waals surface area contributed by atoms with Crippen LogP contribution in [0.4, 0.5) is 0 Å². The van der Waals surface area contributed by atoms with E-state index in [0.717, 1.165) is 12.8 Å². The van der Waals surface area contributed by atoms with E-state index in [4.69, 9.17) is 0 Å². The molecular weight excluding hydrogens is 304 g/mol. The van der Waals surface area contributed by atoms with Crippen LogP contribution in [0.5, 0.6) is 0 Å². The van der Waals surface area contributed by atoms with Crippen LogP contribution in [0.2, 0.25) is 0 Å². The standard InChI is InChI=1S/C23H18N2/c1-13-6-8-16-18-11-22-19(12-21(18)24-20(16)10-13)17-9-7-14-4-2-3-5-15(14)23(17)25-22/h2-5,7,9-12,24-25H,6,8H2,1H3. The first kappa shape index (κ1) is 13.3. The van der Waals surface area contributed by atoms with E-state index < -0.39 is 0 Å². The average molecular weight is 322 g/mol. The molecule has 0 spiro atoms. The summed E-state index contributed by atoms with van der Waals surface area (Å²) in [6.45, 7) is 2.22. The van der Waals surface area contributed by atoms with Crippen molar-refractivity contribution in [3.63, 3.8) is 0 Å². The zero-order valence-electron chi connectivity index (χ0n) is 14.1. The van der Waals surface area contributed by atoms with Crippen LogP contribution in [0.25, 0.3) is 49.6 Å². The summed E-state index contributed by atoms with van der Waals surface area (Å²) in [6.07, 6.45) is 4.60. The van der Waals surface area contributed by atoms with Crippen LogP contribution >= 0.6 is 0 Å². The van der Waals surface area contributed by atoms with Gasteiger partial charge in [-0.15, -0.1) is 0 Å². The second-order valence-electron chi connectivity index (χ2n) is 7.29. The first-order chi connectivity index (χ1) is 12.3. The first-order valence-corrected chi connectivity index (χ1v) is 8.93. The molecule has 0 amide bonds. The summed E-state index contributed by atoms with van der Waals surface area (Å²) in [5.41, 5.74) is 7.93. The molecule has 0 saturated heterocycles. The lowest BCUT2D eigenvalue weighted by Gasteiger charge is -2.09. The van der Waals surface area contributed by atoms with Gasteiger partial charge in [0.05, 0.1) is 5.52 Å². The third-order valence-electron chi connectivity index (χ3n) is 5.72. The molecule has 2 nitrogen and oxygen atoms in total. The molecular formula is C23H18N2. The van der Waals surface area contributed by atoms with Gasteiger partial charge in [0.25, 0.3) is 0 Å². The fraction of sp³-hybridized carbons (Fsp3) is 0.130. The quantitative estimate of drug-likeness (QED) is 0.335. The Hall–Kier alpha value is -3.00. The molecule has 5 aromatic rings. The smallest absolute Gasteiger partial charge is 0.0544 e.